The maximum atomic E-state index is 11.8. The molecular formula is C12H21NO2S. The van der Waals surface area contributed by atoms with Gasteiger partial charge in [-0.1, -0.05) is 0 Å². The van der Waals surface area contributed by atoms with E-state index >= 15 is 0 Å². The van der Waals surface area contributed by atoms with E-state index < -0.39 is 0 Å². The third kappa shape index (κ3) is 4.07. The van der Waals surface area contributed by atoms with Crippen LogP contribution in [0.2, 0.25) is 0 Å². The Labute approximate surface area is 102 Å². The van der Waals surface area contributed by atoms with Crippen molar-refractivity contribution in [3.63, 3.8) is 0 Å². The normalized spacial score (nSPS) is 30.5. The molecule has 0 aromatic heterocycles. The number of Topliss-reactive ketones (excluding diaryl/α,β-unsaturated/α-hetero) is 1. The molecule has 0 saturated carbocycles. The predicted octanol–water partition coefficient (Wildman–Crippen LogP) is 1.61. The van der Waals surface area contributed by atoms with Crippen molar-refractivity contribution in [3.05, 3.63) is 0 Å². The number of thioether (sulfide) groups is 1. The van der Waals surface area contributed by atoms with Gasteiger partial charge in [-0.15, -0.1) is 0 Å². The van der Waals surface area contributed by atoms with Gasteiger partial charge in [0.2, 0.25) is 0 Å². The predicted molar refractivity (Wildman–Crippen MR) is 66.9 cm³/mol. The zero-order valence-corrected chi connectivity index (χ0v) is 10.6. The van der Waals surface area contributed by atoms with Crippen LogP contribution in [0, 0.1) is 0 Å². The molecule has 0 bridgehead atoms. The first-order chi connectivity index (χ1) is 7.84. The van der Waals surface area contributed by atoms with Crippen LogP contribution < -0.4 is 5.32 Å². The molecule has 2 atom stereocenters. The van der Waals surface area contributed by atoms with Crippen LogP contribution in [0.5, 0.6) is 0 Å². The van der Waals surface area contributed by atoms with Gasteiger partial charge in [-0.05, 0) is 19.3 Å². The van der Waals surface area contributed by atoms with Crippen molar-refractivity contribution in [1.29, 1.82) is 0 Å². The topological polar surface area (TPSA) is 38.3 Å². The van der Waals surface area contributed by atoms with E-state index in [-0.39, 0.29) is 0 Å². The van der Waals surface area contributed by atoms with Gasteiger partial charge >= 0.3 is 0 Å². The van der Waals surface area contributed by atoms with Crippen LogP contribution in [0.4, 0.5) is 0 Å². The molecule has 2 aliphatic heterocycles. The molecule has 2 saturated heterocycles. The molecule has 92 valence electrons. The molecule has 2 aliphatic rings. The minimum atomic E-state index is 0.359. The fraction of sp³-hybridized carbons (Fsp3) is 0.917. The summed E-state index contributed by atoms with van der Waals surface area (Å²) >= 11 is 1.95. The number of hydrogen-bond acceptors (Lipinski definition) is 4. The summed E-state index contributed by atoms with van der Waals surface area (Å²) in [5.41, 5.74) is 0. The minimum Gasteiger partial charge on any atom is -0.378 e. The van der Waals surface area contributed by atoms with Crippen molar-refractivity contribution in [1.82, 2.24) is 5.32 Å². The minimum absolute atomic E-state index is 0.359. The molecule has 0 aromatic rings. The van der Waals surface area contributed by atoms with E-state index in [4.69, 9.17) is 4.74 Å². The Morgan fingerprint density at radius 3 is 3.12 bits per heavy atom. The summed E-state index contributed by atoms with van der Waals surface area (Å²) in [4.78, 5) is 11.8. The van der Waals surface area contributed by atoms with Crippen LogP contribution >= 0.6 is 11.8 Å². The Morgan fingerprint density at radius 2 is 2.44 bits per heavy atom. The number of ether oxygens (including phenoxy) is 1. The van der Waals surface area contributed by atoms with Crippen molar-refractivity contribution < 1.29 is 9.53 Å². The lowest BCUT2D eigenvalue weighted by Gasteiger charge is -2.22. The molecule has 2 heterocycles. The van der Waals surface area contributed by atoms with Crippen molar-refractivity contribution in [2.45, 2.75) is 44.2 Å². The highest BCUT2D eigenvalue weighted by Gasteiger charge is 2.19. The standard InChI is InChI=1S/C12H21NO2S/c14-11(3-4-12-2-1-6-15-12)8-10-9-16-7-5-13-10/h10,12-13H,1-9H2. The molecule has 2 fully saturated rings. The van der Waals surface area contributed by atoms with Crippen molar-refractivity contribution in [2.75, 3.05) is 24.7 Å². The number of ketones is 1. The third-order valence-corrected chi connectivity index (χ3v) is 4.37. The van der Waals surface area contributed by atoms with Crippen molar-refractivity contribution >= 4 is 17.5 Å². The van der Waals surface area contributed by atoms with E-state index in [0.29, 0.717) is 30.8 Å². The molecule has 2 rings (SSSR count). The summed E-state index contributed by atoms with van der Waals surface area (Å²) in [6.07, 6.45) is 5.01. The molecule has 2 unspecified atom stereocenters. The molecule has 0 amide bonds. The molecule has 0 aliphatic carbocycles. The van der Waals surface area contributed by atoms with E-state index in [9.17, 15) is 4.79 Å². The number of hydrogen-bond donors (Lipinski definition) is 1. The highest BCUT2D eigenvalue weighted by Crippen LogP contribution is 2.18. The Morgan fingerprint density at radius 1 is 1.50 bits per heavy atom. The highest BCUT2D eigenvalue weighted by atomic mass is 32.2. The fourth-order valence-corrected chi connectivity index (χ4v) is 3.27. The maximum absolute atomic E-state index is 11.8. The maximum Gasteiger partial charge on any atom is 0.134 e. The Kier molecular flexibility index (Phi) is 5.13. The van der Waals surface area contributed by atoms with Gasteiger partial charge in [-0.25, -0.2) is 0 Å². The van der Waals surface area contributed by atoms with Crippen LogP contribution in [0.3, 0.4) is 0 Å². The summed E-state index contributed by atoms with van der Waals surface area (Å²) in [7, 11) is 0. The quantitative estimate of drug-likeness (QED) is 0.796. The van der Waals surface area contributed by atoms with E-state index in [1.54, 1.807) is 0 Å². The number of carbonyl (C=O) groups is 1. The van der Waals surface area contributed by atoms with Gasteiger partial charge in [0, 0.05) is 43.5 Å². The number of rotatable bonds is 5. The van der Waals surface area contributed by atoms with E-state index in [1.807, 2.05) is 11.8 Å². The average Bonchev–Trinajstić information content (AvgIpc) is 2.81. The summed E-state index contributed by atoms with van der Waals surface area (Å²) in [5.74, 6) is 2.67. The van der Waals surface area contributed by atoms with Gasteiger partial charge in [-0.3, -0.25) is 4.79 Å². The fourth-order valence-electron chi connectivity index (χ4n) is 2.32. The molecule has 0 aromatic carbocycles. The van der Waals surface area contributed by atoms with E-state index in [2.05, 4.69) is 5.32 Å². The molecule has 4 heteroatoms. The van der Waals surface area contributed by atoms with E-state index in [1.165, 1.54) is 12.2 Å². The highest BCUT2D eigenvalue weighted by molar-refractivity contribution is 7.99. The van der Waals surface area contributed by atoms with Gasteiger partial charge < -0.3 is 10.1 Å². The molecule has 1 N–H and O–H groups in total. The Hall–Kier alpha value is -0.0600. The smallest absolute Gasteiger partial charge is 0.134 e. The first kappa shape index (κ1) is 12.4. The first-order valence-corrected chi connectivity index (χ1v) is 7.44. The SMILES string of the molecule is O=C(CCC1CCCO1)CC1CSCCN1. The van der Waals surface area contributed by atoms with Crippen LogP contribution in [0.1, 0.15) is 32.1 Å². The second kappa shape index (κ2) is 6.62. The monoisotopic (exact) mass is 243 g/mol. The van der Waals surface area contributed by atoms with Crippen molar-refractivity contribution in [3.8, 4) is 0 Å². The van der Waals surface area contributed by atoms with Crippen LogP contribution in [-0.4, -0.2) is 42.6 Å². The Bertz CT molecular complexity index is 223. The molecule has 0 spiro atoms. The van der Waals surface area contributed by atoms with Gasteiger partial charge in [0.1, 0.15) is 5.78 Å². The molecular weight excluding hydrogens is 222 g/mol. The second-order valence-corrected chi connectivity index (χ2v) is 5.79. The van der Waals surface area contributed by atoms with Crippen LogP contribution in [0.15, 0.2) is 0 Å². The molecule has 0 radical (unpaired) electrons. The summed E-state index contributed by atoms with van der Waals surface area (Å²) < 4.78 is 5.52. The Balaban J connectivity index is 1.59. The van der Waals surface area contributed by atoms with Crippen LogP contribution in [-0.2, 0) is 9.53 Å². The van der Waals surface area contributed by atoms with Crippen molar-refractivity contribution in [2.24, 2.45) is 0 Å². The number of carbonyl (C=O) groups excluding carboxylic acids is 1. The zero-order chi connectivity index (χ0) is 11.2. The zero-order valence-electron chi connectivity index (χ0n) is 9.74. The lowest BCUT2D eigenvalue weighted by Crippen LogP contribution is -2.38. The largest absolute Gasteiger partial charge is 0.378 e. The van der Waals surface area contributed by atoms with Gasteiger partial charge in [0.25, 0.3) is 0 Å². The average molecular weight is 243 g/mol. The lowest BCUT2D eigenvalue weighted by atomic mass is 10.0. The lowest BCUT2D eigenvalue weighted by molar-refractivity contribution is -0.120. The second-order valence-electron chi connectivity index (χ2n) is 4.64. The first-order valence-electron chi connectivity index (χ1n) is 6.29. The van der Waals surface area contributed by atoms with E-state index in [0.717, 1.165) is 31.7 Å². The van der Waals surface area contributed by atoms with Gasteiger partial charge in [0.15, 0.2) is 0 Å². The van der Waals surface area contributed by atoms with Gasteiger partial charge in [0.05, 0.1) is 6.10 Å². The van der Waals surface area contributed by atoms with Crippen LogP contribution in [0.25, 0.3) is 0 Å². The summed E-state index contributed by atoms with van der Waals surface area (Å²) in [6.45, 7) is 1.94. The molecule has 16 heavy (non-hydrogen) atoms. The summed E-state index contributed by atoms with van der Waals surface area (Å²) in [6, 6.07) is 0.413. The number of nitrogens with one attached hydrogen (secondary N) is 1. The third-order valence-electron chi connectivity index (χ3n) is 3.24. The summed E-state index contributed by atoms with van der Waals surface area (Å²) in [5, 5.41) is 3.41. The van der Waals surface area contributed by atoms with Gasteiger partial charge in [-0.2, -0.15) is 11.8 Å². The molecule has 3 nitrogen and oxygen atoms in total.